The van der Waals surface area contributed by atoms with E-state index >= 15 is 0 Å². The van der Waals surface area contributed by atoms with Gasteiger partial charge in [-0.15, -0.1) is 0 Å². The van der Waals surface area contributed by atoms with E-state index in [4.69, 9.17) is 9.62 Å². The molecule has 1 atom stereocenters. The van der Waals surface area contributed by atoms with E-state index in [0.717, 1.165) is 29.9 Å². The van der Waals surface area contributed by atoms with Gasteiger partial charge in [-0.3, -0.25) is 14.9 Å². The second-order valence-electron chi connectivity index (χ2n) is 6.53. The summed E-state index contributed by atoms with van der Waals surface area (Å²) in [5, 5.41) is 18.0. The van der Waals surface area contributed by atoms with Crippen molar-refractivity contribution in [1.29, 1.82) is 0 Å². The Kier molecular flexibility index (Phi) is 5.88. The maximum absolute atomic E-state index is 11.1. The largest absolute Gasteiger partial charge is 0.465 e. The van der Waals surface area contributed by atoms with Crippen molar-refractivity contribution in [3.05, 3.63) is 64.6 Å². The Morgan fingerprint density at radius 3 is 2.92 bits per heavy atom. The molecule has 0 aliphatic heterocycles. The summed E-state index contributed by atoms with van der Waals surface area (Å²) >= 11 is 0. The smallest absolute Gasteiger partial charge is 0.267 e. The number of carbonyl (C=O) groups excluding carboxylic acids is 1. The summed E-state index contributed by atoms with van der Waals surface area (Å²) < 4.78 is 5.70. The number of carbonyl (C=O) groups is 1. The summed E-state index contributed by atoms with van der Waals surface area (Å²) in [6, 6.07) is 10.3. The van der Waals surface area contributed by atoms with E-state index in [2.05, 4.69) is 17.0 Å². The number of hydrogen-bond acceptors (Lipinski definition) is 5. The normalized spacial score (nSPS) is 16.4. The molecule has 3 N–H and O–H groups in total. The molecule has 0 radical (unpaired) electrons. The van der Waals surface area contributed by atoms with Crippen LogP contribution in [-0.2, 0) is 17.8 Å². The van der Waals surface area contributed by atoms with E-state index < -0.39 is 5.91 Å². The van der Waals surface area contributed by atoms with Gasteiger partial charge in [0.2, 0.25) is 0 Å². The SMILES string of the molecule is Cc1ccc(CN(CCO)C2CCc3cc(/C=C/C(=O)NO)ccc32)o1. The Bertz CT molecular complexity index is 797. The molecule has 1 aliphatic carbocycles. The lowest BCUT2D eigenvalue weighted by Gasteiger charge is -2.28. The van der Waals surface area contributed by atoms with Crippen LogP contribution in [-0.4, -0.2) is 34.3 Å². The number of rotatable bonds is 7. The summed E-state index contributed by atoms with van der Waals surface area (Å²) in [5.41, 5.74) is 5.01. The molecule has 138 valence electrons. The van der Waals surface area contributed by atoms with Crippen molar-refractivity contribution >= 4 is 12.0 Å². The van der Waals surface area contributed by atoms with Gasteiger partial charge in [0.1, 0.15) is 11.5 Å². The van der Waals surface area contributed by atoms with Gasteiger partial charge in [0, 0.05) is 18.7 Å². The molecule has 0 spiro atoms. The number of hydroxylamine groups is 1. The van der Waals surface area contributed by atoms with E-state index in [9.17, 15) is 9.90 Å². The maximum Gasteiger partial charge on any atom is 0.267 e. The quantitative estimate of drug-likeness (QED) is 0.403. The number of aliphatic hydroxyl groups excluding tert-OH is 1. The summed E-state index contributed by atoms with van der Waals surface area (Å²) in [7, 11) is 0. The molecule has 6 heteroatoms. The monoisotopic (exact) mass is 356 g/mol. The first kappa shape index (κ1) is 18.4. The van der Waals surface area contributed by atoms with Gasteiger partial charge in [-0.2, -0.15) is 0 Å². The highest BCUT2D eigenvalue weighted by molar-refractivity contribution is 5.90. The number of hydrogen-bond donors (Lipinski definition) is 3. The standard InChI is InChI=1S/C20H24N2O4/c1-14-2-6-17(26-14)13-22(10-11-23)19-8-5-16-12-15(3-7-18(16)19)4-9-20(24)21-25/h2-4,6-7,9,12,19,23,25H,5,8,10-11,13H2,1H3,(H,21,24)/b9-4+. The van der Waals surface area contributed by atoms with Crippen LogP contribution in [0.25, 0.3) is 6.08 Å². The zero-order valence-electron chi connectivity index (χ0n) is 14.8. The van der Waals surface area contributed by atoms with E-state index in [1.165, 1.54) is 17.2 Å². The van der Waals surface area contributed by atoms with Crippen LogP contribution < -0.4 is 5.48 Å². The Morgan fingerprint density at radius 1 is 1.38 bits per heavy atom. The third kappa shape index (κ3) is 4.22. The Labute approximate surface area is 152 Å². The third-order valence-electron chi connectivity index (χ3n) is 4.73. The number of furan rings is 1. The molecule has 1 heterocycles. The minimum absolute atomic E-state index is 0.0998. The average molecular weight is 356 g/mol. The van der Waals surface area contributed by atoms with Gasteiger partial charge in [0.05, 0.1) is 13.2 Å². The number of nitrogens with one attached hydrogen (secondary N) is 1. The number of benzene rings is 1. The van der Waals surface area contributed by atoms with E-state index in [-0.39, 0.29) is 12.6 Å². The van der Waals surface area contributed by atoms with Gasteiger partial charge in [0.15, 0.2) is 0 Å². The minimum Gasteiger partial charge on any atom is -0.465 e. The molecule has 1 amide bonds. The van der Waals surface area contributed by atoms with Crippen molar-refractivity contribution < 1.29 is 19.5 Å². The van der Waals surface area contributed by atoms with Gasteiger partial charge in [0.25, 0.3) is 5.91 Å². The zero-order chi connectivity index (χ0) is 18.5. The minimum atomic E-state index is -0.550. The lowest BCUT2D eigenvalue weighted by atomic mass is 10.0. The molecule has 1 aliphatic rings. The third-order valence-corrected chi connectivity index (χ3v) is 4.73. The lowest BCUT2D eigenvalue weighted by molar-refractivity contribution is -0.124. The van der Waals surface area contributed by atoms with Crippen molar-refractivity contribution in [1.82, 2.24) is 10.4 Å². The number of aryl methyl sites for hydroxylation is 2. The molecule has 0 saturated carbocycles. The number of amides is 1. The van der Waals surface area contributed by atoms with Gasteiger partial charge < -0.3 is 9.52 Å². The zero-order valence-corrected chi connectivity index (χ0v) is 14.8. The van der Waals surface area contributed by atoms with Crippen molar-refractivity contribution in [3.8, 4) is 0 Å². The molecule has 0 fully saturated rings. The summed E-state index contributed by atoms with van der Waals surface area (Å²) in [4.78, 5) is 13.4. The summed E-state index contributed by atoms with van der Waals surface area (Å²) in [6.45, 7) is 3.28. The lowest BCUT2D eigenvalue weighted by Crippen LogP contribution is -2.29. The van der Waals surface area contributed by atoms with E-state index in [1.807, 2.05) is 25.1 Å². The molecule has 26 heavy (non-hydrogen) atoms. The molecule has 2 aromatic rings. The first-order valence-corrected chi connectivity index (χ1v) is 8.76. The van der Waals surface area contributed by atoms with Gasteiger partial charge in [-0.1, -0.05) is 18.2 Å². The molecule has 3 rings (SSSR count). The predicted octanol–water partition coefficient (Wildman–Crippen LogP) is 2.59. The van der Waals surface area contributed by atoms with Crippen molar-refractivity contribution in [2.45, 2.75) is 32.4 Å². The van der Waals surface area contributed by atoms with Crippen LogP contribution in [0.3, 0.4) is 0 Å². The van der Waals surface area contributed by atoms with Crippen LogP contribution in [0.5, 0.6) is 0 Å². The van der Waals surface area contributed by atoms with Gasteiger partial charge in [-0.25, -0.2) is 5.48 Å². The van der Waals surface area contributed by atoms with Crippen LogP contribution in [0, 0.1) is 6.92 Å². The highest BCUT2D eigenvalue weighted by Crippen LogP contribution is 2.37. The number of fused-ring (bicyclic) bond motifs is 1. The Balaban J connectivity index is 1.78. The van der Waals surface area contributed by atoms with Crippen LogP contribution >= 0.6 is 0 Å². The fourth-order valence-electron chi connectivity index (χ4n) is 3.55. The average Bonchev–Trinajstić information content (AvgIpc) is 3.24. The highest BCUT2D eigenvalue weighted by atomic mass is 16.5. The van der Waals surface area contributed by atoms with Gasteiger partial charge in [-0.05, 0) is 54.7 Å². The first-order valence-electron chi connectivity index (χ1n) is 8.76. The van der Waals surface area contributed by atoms with Crippen molar-refractivity contribution in [2.75, 3.05) is 13.2 Å². The molecule has 0 bridgehead atoms. The second-order valence-corrected chi connectivity index (χ2v) is 6.53. The van der Waals surface area contributed by atoms with Crippen LogP contribution in [0.15, 0.2) is 40.8 Å². The number of nitrogens with zero attached hydrogens (tertiary/aromatic N) is 1. The van der Waals surface area contributed by atoms with Crippen molar-refractivity contribution in [3.63, 3.8) is 0 Å². The molecule has 1 aromatic heterocycles. The Morgan fingerprint density at radius 2 is 2.23 bits per heavy atom. The molecular formula is C20H24N2O4. The first-order chi connectivity index (χ1) is 12.6. The van der Waals surface area contributed by atoms with Crippen LogP contribution in [0.4, 0.5) is 0 Å². The summed E-state index contributed by atoms with van der Waals surface area (Å²) in [6.07, 6.45) is 4.91. The molecular weight excluding hydrogens is 332 g/mol. The van der Waals surface area contributed by atoms with E-state index in [0.29, 0.717) is 13.1 Å². The predicted molar refractivity (Wildman–Crippen MR) is 97.4 cm³/mol. The van der Waals surface area contributed by atoms with Gasteiger partial charge >= 0.3 is 0 Å². The molecule has 1 aromatic carbocycles. The Hall–Kier alpha value is -2.41. The molecule has 6 nitrogen and oxygen atoms in total. The fourth-order valence-corrected chi connectivity index (χ4v) is 3.55. The van der Waals surface area contributed by atoms with E-state index in [1.54, 1.807) is 11.6 Å². The molecule has 1 unspecified atom stereocenters. The van der Waals surface area contributed by atoms with Crippen molar-refractivity contribution in [2.24, 2.45) is 0 Å². The molecule has 0 saturated heterocycles. The topological polar surface area (TPSA) is 85.9 Å². The summed E-state index contributed by atoms with van der Waals surface area (Å²) in [5.74, 6) is 1.24. The maximum atomic E-state index is 11.1. The fraction of sp³-hybridized carbons (Fsp3) is 0.350. The highest BCUT2D eigenvalue weighted by Gasteiger charge is 2.28. The number of aliphatic hydroxyl groups is 1. The van der Waals surface area contributed by atoms with Crippen LogP contribution in [0.1, 0.15) is 40.7 Å². The second kappa shape index (κ2) is 8.31. The van der Waals surface area contributed by atoms with Crippen LogP contribution in [0.2, 0.25) is 0 Å².